The van der Waals surface area contributed by atoms with Gasteiger partial charge in [-0.25, -0.2) is 9.59 Å². The molecule has 6 heteroatoms. The van der Waals surface area contributed by atoms with Gasteiger partial charge in [-0.1, -0.05) is 56.2 Å². The van der Waals surface area contributed by atoms with Crippen molar-refractivity contribution in [2.45, 2.75) is 38.6 Å². The van der Waals surface area contributed by atoms with Gasteiger partial charge in [0.25, 0.3) is 5.91 Å². The predicted molar refractivity (Wildman–Crippen MR) is 102 cm³/mol. The Bertz CT molecular complexity index is 844. The summed E-state index contributed by atoms with van der Waals surface area (Å²) in [4.78, 5) is 36.2. The van der Waals surface area contributed by atoms with Gasteiger partial charge in [-0.3, -0.25) is 10.1 Å². The van der Waals surface area contributed by atoms with Crippen molar-refractivity contribution in [3.8, 4) is 0 Å². The predicted octanol–water partition coefficient (Wildman–Crippen LogP) is 3.40. The normalized spacial score (nSPS) is 19.3. The van der Waals surface area contributed by atoms with Crippen LogP contribution in [0, 0.1) is 5.92 Å². The molecule has 6 nitrogen and oxygen atoms in total. The van der Waals surface area contributed by atoms with Gasteiger partial charge in [-0.05, 0) is 35.6 Å². The number of fused-ring (bicyclic) bond motifs is 1. The Morgan fingerprint density at radius 1 is 1.04 bits per heavy atom. The largest absolute Gasteiger partial charge is 0.452 e. The van der Waals surface area contributed by atoms with Gasteiger partial charge in [0.2, 0.25) is 0 Å². The molecule has 1 saturated carbocycles. The van der Waals surface area contributed by atoms with Crippen LogP contribution < -0.4 is 10.6 Å². The summed E-state index contributed by atoms with van der Waals surface area (Å²) in [5.41, 5.74) is 0.390. The minimum absolute atomic E-state index is 0.0739. The zero-order valence-corrected chi connectivity index (χ0v) is 15.4. The number of nitrogens with one attached hydrogen (secondary N) is 2. The lowest BCUT2D eigenvalue weighted by Gasteiger charge is -2.29. The van der Waals surface area contributed by atoms with Crippen molar-refractivity contribution < 1.29 is 19.1 Å². The quantitative estimate of drug-likeness (QED) is 0.810. The number of imide groups is 1. The van der Waals surface area contributed by atoms with Crippen molar-refractivity contribution in [3.63, 3.8) is 0 Å². The number of ether oxygens (including phenoxy) is 1. The van der Waals surface area contributed by atoms with Crippen molar-refractivity contribution in [1.82, 2.24) is 10.6 Å². The fourth-order valence-corrected chi connectivity index (χ4v) is 3.51. The van der Waals surface area contributed by atoms with Gasteiger partial charge in [0.15, 0.2) is 6.61 Å². The summed E-state index contributed by atoms with van der Waals surface area (Å²) >= 11 is 0. The second kappa shape index (κ2) is 8.66. The first kappa shape index (κ1) is 18.9. The van der Waals surface area contributed by atoms with Crippen LogP contribution in [-0.2, 0) is 9.53 Å². The van der Waals surface area contributed by atoms with E-state index < -0.39 is 24.5 Å². The molecule has 0 saturated heterocycles. The second-order valence-corrected chi connectivity index (χ2v) is 6.99. The smallest absolute Gasteiger partial charge is 0.339 e. The lowest BCUT2D eigenvalue weighted by molar-refractivity contribution is -0.123. The molecule has 0 heterocycles. The summed E-state index contributed by atoms with van der Waals surface area (Å²) < 4.78 is 5.08. The zero-order chi connectivity index (χ0) is 19.2. The molecule has 0 aromatic heterocycles. The molecule has 142 valence electrons. The van der Waals surface area contributed by atoms with Crippen molar-refractivity contribution in [1.29, 1.82) is 0 Å². The fraction of sp³-hybridized carbons (Fsp3) is 0.381. The molecule has 27 heavy (non-hydrogen) atoms. The molecule has 2 aromatic carbocycles. The van der Waals surface area contributed by atoms with E-state index in [4.69, 9.17) is 4.74 Å². The van der Waals surface area contributed by atoms with Crippen LogP contribution in [0.5, 0.6) is 0 Å². The summed E-state index contributed by atoms with van der Waals surface area (Å²) in [5, 5.41) is 6.73. The van der Waals surface area contributed by atoms with Crippen LogP contribution in [0.2, 0.25) is 0 Å². The Balaban J connectivity index is 1.51. The maximum atomic E-state index is 12.3. The van der Waals surface area contributed by atoms with Crippen molar-refractivity contribution >= 4 is 28.7 Å². The van der Waals surface area contributed by atoms with E-state index in [1.165, 1.54) is 6.42 Å². The van der Waals surface area contributed by atoms with Crippen LogP contribution in [0.1, 0.15) is 43.0 Å². The van der Waals surface area contributed by atoms with E-state index in [0.717, 1.165) is 30.0 Å². The molecule has 0 aliphatic heterocycles. The van der Waals surface area contributed by atoms with Gasteiger partial charge in [0, 0.05) is 6.04 Å². The third-order valence-electron chi connectivity index (χ3n) is 5.02. The molecule has 1 aliphatic rings. The highest BCUT2D eigenvalue weighted by atomic mass is 16.5. The molecular formula is C21H24N2O4. The topological polar surface area (TPSA) is 84.5 Å². The average molecular weight is 368 g/mol. The monoisotopic (exact) mass is 368 g/mol. The van der Waals surface area contributed by atoms with Crippen LogP contribution in [0.15, 0.2) is 42.5 Å². The molecule has 3 rings (SSSR count). The van der Waals surface area contributed by atoms with Crippen LogP contribution in [0.4, 0.5) is 4.79 Å². The van der Waals surface area contributed by atoms with E-state index in [9.17, 15) is 14.4 Å². The Labute approximate surface area is 158 Å². The first-order valence-electron chi connectivity index (χ1n) is 9.30. The molecule has 0 spiro atoms. The van der Waals surface area contributed by atoms with E-state index in [1.54, 1.807) is 12.1 Å². The maximum Gasteiger partial charge on any atom is 0.339 e. The highest BCUT2D eigenvalue weighted by Crippen LogP contribution is 2.23. The van der Waals surface area contributed by atoms with Crippen LogP contribution in [0.3, 0.4) is 0 Å². The minimum atomic E-state index is -0.649. The van der Waals surface area contributed by atoms with Crippen LogP contribution in [-0.4, -0.2) is 30.6 Å². The maximum absolute atomic E-state index is 12.3. The van der Waals surface area contributed by atoms with Crippen LogP contribution in [0.25, 0.3) is 10.8 Å². The lowest BCUT2D eigenvalue weighted by Crippen LogP contribution is -2.48. The average Bonchev–Trinajstić information content (AvgIpc) is 2.67. The van der Waals surface area contributed by atoms with Gasteiger partial charge in [0.1, 0.15) is 0 Å². The first-order chi connectivity index (χ1) is 13.0. The van der Waals surface area contributed by atoms with E-state index in [0.29, 0.717) is 11.5 Å². The van der Waals surface area contributed by atoms with Crippen molar-refractivity contribution in [3.05, 3.63) is 48.0 Å². The third kappa shape index (κ3) is 4.84. The number of carbonyl (C=O) groups excluding carboxylic acids is 3. The number of amides is 3. The number of carbonyl (C=O) groups is 3. The van der Waals surface area contributed by atoms with Gasteiger partial charge in [-0.2, -0.15) is 0 Å². The van der Waals surface area contributed by atoms with Gasteiger partial charge in [-0.15, -0.1) is 0 Å². The Kier molecular flexibility index (Phi) is 6.06. The fourth-order valence-electron chi connectivity index (χ4n) is 3.51. The van der Waals surface area contributed by atoms with E-state index >= 15 is 0 Å². The molecule has 1 fully saturated rings. The minimum Gasteiger partial charge on any atom is -0.452 e. The van der Waals surface area contributed by atoms with Crippen LogP contribution >= 0.6 is 0 Å². The van der Waals surface area contributed by atoms with Gasteiger partial charge >= 0.3 is 12.0 Å². The molecule has 0 bridgehead atoms. The lowest BCUT2D eigenvalue weighted by atomic mass is 9.86. The Hall–Kier alpha value is -2.89. The van der Waals surface area contributed by atoms with E-state index in [-0.39, 0.29) is 6.04 Å². The van der Waals surface area contributed by atoms with E-state index in [1.807, 2.05) is 30.3 Å². The molecule has 3 amide bonds. The molecule has 2 aromatic rings. The third-order valence-corrected chi connectivity index (χ3v) is 5.02. The summed E-state index contributed by atoms with van der Waals surface area (Å²) in [5.74, 6) is -0.850. The molecule has 2 N–H and O–H groups in total. The number of esters is 1. The first-order valence-corrected chi connectivity index (χ1v) is 9.30. The Morgan fingerprint density at radius 3 is 2.59 bits per heavy atom. The standard InChI is InChI=1S/C21H24N2O4/c1-14-7-2-5-12-18(14)22-21(26)23-19(24)13-27-20(25)17-11-6-9-15-8-3-4-10-16(15)17/h3-4,6,8-11,14,18H,2,5,7,12-13H2,1H3,(H2,22,23,24,26)/t14-,18-/m0/s1. The molecular weight excluding hydrogens is 344 g/mol. The van der Waals surface area contributed by atoms with Crippen molar-refractivity contribution in [2.75, 3.05) is 6.61 Å². The highest BCUT2D eigenvalue weighted by molar-refractivity contribution is 6.05. The summed E-state index contributed by atoms with van der Waals surface area (Å²) in [6, 6.07) is 12.3. The second-order valence-electron chi connectivity index (χ2n) is 6.99. The van der Waals surface area contributed by atoms with Crippen molar-refractivity contribution in [2.24, 2.45) is 5.92 Å². The zero-order valence-electron chi connectivity index (χ0n) is 15.4. The number of rotatable bonds is 4. The number of hydrogen-bond acceptors (Lipinski definition) is 4. The number of urea groups is 1. The van der Waals surface area contributed by atoms with E-state index in [2.05, 4.69) is 17.6 Å². The summed E-state index contributed by atoms with van der Waals surface area (Å²) in [6.45, 7) is 1.59. The summed E-state index contributed by atoms with van der Waals surface area (Å²) in [7, 11) is 0. The molecule has 1 aliphatic carbocycles. The molecule has 0 unspecified atom stereocenters. The highest BCUT2D eigenvalue weighted by Gasteiger charge is 2.23. The number of hydrogen-bond donors (Lipinski definition) is 2. The molecule has 2 atom stereocenters. The number of benzene rings is 2. The summed E-state index contributed by atoms with van der Waals surface area (Å²) in [6.07, 6.45) is 4.23. The Morgan fingerprint density at radius 2 is 1.78 bits per heavy atom. The SMILES string of the molecule is C[C@H]1CCCC[C@@H]1NC(=O)NC(=O)COC(=O)c1cccc2ccccc12. The van der Waals surface area contributed by atoms with Gasteiger partial charge < -0.3 is 10.1 Å². The molecule has 0 radical (unpaired) electrons. The van der Waals surface area contributed by atoms with Gasteiger partial charge in [0.05, 0.1) is 5.56 Å².